The molecule has 0 saturated heterocycles. The SMILES string of the molecule is Oc1ccc(OCc2ccccn2)cc1Cc1ccccc1. The number of hydrogen-bond donors (Lipinski definition) is 1. The Kier molecular flexibility index (Phi) is 4.35. The predicted octanol–water partition coefficient (Wildman–Crippen LogP) is 3.96. The third-order valence-electron chi connectivity index (χ3n) is 3.40. The fraction of sp³-hybridized carbons (Fsp3) is 0.105. The van der Waals surface area contributed by atoms with Gasteiger partial charge in [0.2, 0.25) is 0 Å². The lowest BCUT2D eigenvalue weighted by Gasteiger charge is -2.10. The van der Waals surface area contributed by atoms with Gasteiger partial charge in [0.1, 0.15) is 18.1 Å². The summed E-state index contributed by atoms with van der Waals surface area (Å²) >= 11 is 0. The van der Waals surface area contributed by atoms with Crippen LogP contribution >= 0.6 is 0 Å². The maximum atomic E-state index is 10.0. The number of hydrogen-bond acceptors (Lipinski definition) is 3. The zero-order valence-electron chi connectivity index (χ0n) is 12.1. The molecular weight excluding hydrogens is 274 g/mol. The van der Waals surface area contributed by atoms with Crippen LogP contribution in [0.1, 0.15) is 16.8 Å². The van der Waals surface area contributed by atoms with Gasteiger partial charge in [-0.05, 0) is 35.9 Å². The fourth-order valence-corrected chi connectivity index (χ4v) is 2.25. The Balaban J connectivity index is 1.72. The van der Waals surface area contributed by atoms with Gasteiger partial charge in [0.25, 0.3) is 0 Å². The van der Waals surface area contributed by atoms with Crippen LogP contribution in [0, 0.1) is 0 Å². The normalized spacial score (nSPS) is 10.4. The van der Waals surface area contributed by atoms with Crippen LogP contribution < -0.4 is 4.74 Å². The minimum atomic E-state index is 0.286. The van der Waals surface area contributed by atoms with Crippen LogP contribution in [-0.2, 0) is 13.0 Å². The monoisotopic (exact) mass is 291 g/mol. The molecule has 110 valence electrons. The summed E-state index contributed by atoms with van der Waals surface area (Å²) in [5.41, 5.74) is 2.88. The molecular formula is C19H17NO2. The van der Waals surface area contributed by atoms with E-state index in [4.69, 9.17) is 4.74 Å². The summed E-state index contributed by atoms with van der Waals surface area (Å²) in [5.74, 6) is 1.02. The van der Waals surface area contributed by atoms with Crippen molar-refractivity contribution in [2.45, 2.75) is 13.0 Å². The van der Waals surface area contributed by atoms with E-state index in [0.29, 0.717) is 13.0 Å². The Morgan fingerprint density at radius 2 is 1.73 bits per heavy atom. The van der Waals surface area contributed by atoms with Crippen molar-refractivity contribution in [2.24, 2.45) is 0 Å². The fourth-order valence-electron chi connectivity index (χ4n) is 2.25. The standard InChI is InChI=1S/C19H17NO2/c21-19-10-9-18(22-14-17-8-4-5-11-20-17)13-16(19)12-15-6-2-1-3-7-15/h1-11,13,21H,12,14H2. The number of ether oxygens (including phenoxy) is 1. The number of phenols is 1. The minimum absolute atomic E-state index is 0.286. The van der Waals surface area contributed by atoms with Gasteiger partial charge in [-0.15, -0.1) is 0 Å². The van der Waals surface area contributed by atoms with Crippen LogP contribution in [0.2, 0.25) is 0 Å². The highest BCUT2D eigenvalue weighted by Crippen LogP contribution is 2.26. The van der Waals surface area contributed by atoms with Crippen molar-refractivity contribution >= 4 is 0 Å². The van der Waals surface area contributed by atoms with E-state index in [2.05, 4.69) is 4.98 Å². The maximum absolute atomic E-state index is 10.0. The van der Waals surface area contributed by atoms with Crippen LogP contribution in [0.15, 0.2) is 72.9 Å². The molecule has 3 heteroatoms. The van der Waals surface area contributed by atoms with Crippen LogP contribution in [-0.4, -0.2) is 10.1 Å². The molecule has 1 N–H and O–H groups in total. The number of nitrogens with zero attached hydrogens (tertiary/aromatic N) is 1. The predicted molar refractivity (Wildman–Crippen MR) is 85.9 cm³/mol. The van der Waals surface area contributed by atoms with Crippen molar-refractivity contribution in [3.8, 4) is 11.5 Å². The van der Waals surface area contributed by atoms with Crippen LogP contribution in [0.5, 0.6) is 11.5 Å². The molecule has 0 fully saturated rings. The van der Waals surface area contributed by atoms with E-state index in [-0.39, 0.29) is 5.75 Å². The molecule has 2 aromatic carbocycles. The largest absolute Gasteiger partial charge is 0.508 e. The Hall–Kier alpha value is -2.81. The van der Waals surface area contributed by atoms with Gasteiger partial charge < -0.3 is 9.84 Å². The molecule has 22 heavy (non-hydrogen) atoms. The first-order valence-electron chi connectivity index (χ1n) is 7.20. The second-order valence-corrected chi connectivity index (χ2v) is 5.06. The molecule has 3 nitrogen and oxygen atoms in total. The molecule has 0 unspecified atom stereocenters. The number of aromatic hydroxyl groups is 1. The molecule has 0 saturated carbocycles. The smallest absolute Gasteiger partial charge is 0.130 e. The Morgan fingerprint density at radius 3 is 2.50 bits per heavy atom. The van der Waals surface area contributed by atoms with Crippen LogP contribution in [0.4, 0.5) is 0 Å². The lowest BCUT2D eigenvalue weighted by molar-refractivity contribution is 0.300. The van der Waals surface area contributed by atoms with Crippen molar-refractivity contribution in [3.63, 3.8) is 0 Å². The van der Waals surface area contributed by atoms with Gasteiger partial charge >= 0.3 is 0 Å². The maximum Gasteiger partial charge on any atom is 0.130 e. The molecule has 0 atom stereocenters. The first-order valence-corrected chi connectivity index (χ1v) is 7.20. The van der Waals surface area contributed by atoms with Gasteiger partial charge in [-0.3, -0.25) is 4.98 Å². The van der Waals surface area contributed by atoms with Gasteiger partial charge in [0, 0.05) is 18.2 Å². The van der Waals surface area contributed by atoms with Crippen molar-refractivity contribution < 1.29 is 9.84 Å². The van der Waals surface area contributed by atoms with Gasteiger partial charge in [-0.1, -0.05) is 36.4 Å². The number of benzene rings is 2. The molecule has 0 amide bonds. The highest BCUT2D eigenvalue weighted by atomic mass is 16.5. The molecule has 3 rings (SSSR count). The summed E-state index contributed by atoms with van der Waals surface area (Å²) in [6.07, 6.45) is 2.42. The third kappa shape index (κ3) is 3.64. The minimum Gasteiger partial charge on any atom is -0.508 e. The van der Waals surface area contributed by atoms with Gasteiger partial charge in [0.05, 0.1) is 5.69 Å². The zero-order valence-corrected chi connectivity index (χ0v) is 12.1. The lowest BCUT2D eigenvalue weighted by Crippen LogP contribution is -1.98. The first kappa shape index (κ1) is 14.1. The third-order valence-corrected chi connectivity index (χ3v) is 3.40. The van der Waals surface area contributed by atoms with E-state index in [9.17, 15) is 5.11 Å². The number of rotatable bonds is 5. The van der Waals surface area contributed by atoms with E-state index in [0.717, 1.165) is 22.6 Å². The van der Waals surface area contributed by atoms with Crippen LogP contribution in [0.3, 0.4) is 0 Å². The van der Waals surface area contributed by atoms with Gasteiger partial charge in [0.15, 0.2) is 0 Å². The Morgan fingerprint density at radius 1 is 0.909 bits per heavy atom. The van der Waals surface area contributed by atoms with Crippen molar-refractivity contribution in [1.82, 2.24) is 4.98 Å². The summed E-state index contributed by atoms with van der Waals surface area (Å²) in [7, 11) is 0. The average molecular weight is 291 g/mol. The van der Waals surface area contributed by atoms with Gasteiger partial charge in [-0.2, -0.15) is 0 Å². The molecule has 0 aliphatic carbocycles. The van der Waals surface area contributed by atoms with Gasteiger partial charge in [-0.25, -0.2) is 0 Å². The van der Waals surface area contributed by atoms with E-state index in [1.165, 1.54) is 0 Å². The quantitative estimate of drug-likeness (QED) is 0.773. The molecule has 0 aliphatic heterocycles. The summed E-state index contributed by atoms with van der Waals surface area (Å²) in [6, 6.07) is 21.1. The van der Waals surface area contributed by atoms with Crippen molar-refractivity contribution in [2.75, 3.05) is 0 Å². The zero-order chi connectivity index (χ0) is 15.2. The second-order valence-electron chi connectivity index (χ2n) is 5.06. The molecule has 0 spiro atoms. The topological polar surface area (TPSA) is 42.4 Å². The molecule has 0 aliphatic rings. The highest BCUT2D eigenvalue weighted by molar-refractivity contribution is 5.42. The Labute approximate surface area is 129 Å². The van der Waals surface area contributed by atoms with Crippen LogP contribution in [0.25, 0.3) is 0 Å². The first-order chi connectivity index (χ1) is 10.8. The number of aromatic nitrogens is 1. The van der Waals surface area contributed by atoms with E-state index in [1.54, 1.807) is 18.3 Å². The average Bonchev–Trinajstić information content (AvgIpc) is 2.57. The summed E-state index contributed by atoms with van der Waals surface area (Å²) in [6.45, 7) is 0.413. The number of phenolic OH excluding ortho intramolecular Hbond substituents is 1. The number of pyridine rings is 1. The second kappa shape index (κ2) is 6.76. The summed E-state index contributed by atoms with van der Waals surface area (Å²) < 4.78 is 5.75. The van der Waals surface area contributed by atoms with Crippen molar-refractivity contribution in [1.29, 1.82) is 0 Å². The molecule has 3 aromatic rings. The summed E-state index contributed by atoms with van der Waals surface area (Å²) in [4.78, 5) is 4.23. The van der Waals surface area contributed by atoms with E-state index < -0.39 is 0 Å². The molecule has 0 radical (unpaired) electrons. The molecule has 1 heterocycles. The molecule has 0 bridgehead atoms. The van der Waals surface area contributed by atoms with E-state index in [1.807, 2.05) is 54.6 Å². The van der Waals surface area contributed by atoms with Crippen molar-refractivity contribution in [3.05, 3.63) is 89.7 Å². The summed E-state index contributed by atoms with van der Waals surface area (Å²) in [5, 5.41) is 10.0. The Bertz CT molecular complexity index is 727. The molecule has 1 aromatic heterocycles. The lowest BCUT2D eigenvalue weighted by atomic mass is 10.0. The van der Waals surface area contributed by atoms with E-state index >= 15 is 0 Å². The highest BCUT2D eigenvalue weighted by Gasteiger charge is 2.05.